The first kappa shape index (κ1) is 14.5. The molecule has 0 aliphatic carbocycles. The number of aromatic nitrogens is 1. The van der Waals surface area contributed by atoms with Crippen LogP contribution in [0.3, 0.4) is 0 Å². The minimum Gasteiger partial charge on any atom is -0.436 e. The van der Waals surface area contributed by atoms with Crippen molar-refractivity contribution in [1.29, 1.82) is 0 Å². The zero-order valence-corrected chi connectivity index (χ0v) is 12.4. The van der Waals surface area contributed by atoms with E-state index < -0.39 is 5.82 Å². The Labute approximate surface area is 130 Å². The molecular weight excluding hydrogens is 307 g/mol. The molecule has 22 heavy (non-hydrogen) atoms. The number of rotatable bonds is 3. The highest BCUT2D eigenvalue weighted by atomic mass is 35.5. The SMILES string of the molecule is Cc1cc(NC(=O)CCl)cc2nc(-c3ccccc3F)oc12. The molecule has 2 aromatic carbocycles. The van der Waals surface area contributed by atoms with Gasteiger partial charge < -0.3 is 9.73 Å². The van der Waals surface area contributed by atoms with Gasteiger partial charge in [-0.25, -0.2) is 9.37 Å². The molecule has 0 atom stereocenters. The predicted octanol–water partition coefficient (Wildman–Crippen LogP) is 4.12. The molecule has 6 heteroatoms. The van der Waals surface area contributed by atoms with Crippen molar-refractivity contribution in [3.63, 3.8) is 0 Å². The van der Waals surface area contributed by atoms with Gasteiger partial charge >= 0.3 is 0 Å². The van der Waals surface area contributed by atoms with Gasteiger partial charge in [0.2, 0.25) is 11.8 Å². The van der Waals surface area contributed by atoms with Crippen LogP contribution in [0.4, 0.5) is 10.1 Å². The number of carbonyl (C=O) groups is 1. The summed E-state index contributed by atoms with van der Waals surface area (Å²) < 4.78 is 19.5. The summed E-state index contributed by atoms with van der Waals surface area (Å²) >= 11 is 5.47. The smallest absolute Gasteiger partial charge is 0.239 e. The van der Waals surface area contributed by atoms with Crippen molar-refractivity contribution in [1.82, 2.24) is 4.98 Å². The van der Waals surface area contributed by atoms with Gasteiger partial charge in [0.15, 0.2) is 5.58 Å². The number of oxazole rings is 1. The van der Waals surface area contributed by atoms with E-state index in [1.807, 2.05) is 6.92 Å². The minimum absolute atomic E-state index is 0.129. The van der Waals surface area contributed by atoms with Crippen LogP contribution in [0, 0.1) is 12.7 Å². The number of fused-ring (bicyclic) bond motifs is 1. The summed E-state index contributed by atoms with van der Waals surface area (Å²) in [7, 11) is 0. The molecule has 1 N–H and O–H groups in total. The van der Waals surface area contributed by atoms with Crippen LogP contribution in [0.1, 0.15) is 5.56 Å². The van der Waals surface area contributed by atoms with Crippen molar-refractivity contribution in [2.45, 2.75) is 6.92 Å². The van der Waals surface area contributed by atoms with Gasteiger partial charge in [-0.05, 0) is 36.8 Å². The van der Waals surface area contributed by atoms with E-state index in [9.17, 15) is 9.18 Å². The monoisotopic (exact) mass is 318 g/mol. The Morgan fingerprint density at radius 3 is 2.86 bits per heavy atom. The molecule has 0 saturated carbocycles. The molecule has 1 amide bonds. The Morgan fingerprint density at radius 2 is 2.14 bits per heavy atom. The third-order valence-corrected chi connectivity index (χ3v) is 3.43. The van der Waals surface area contributed by atoms with Crippen molar-refractivity contribution in [2.75, 3.05) is 11.2 Å². The molecule has 4 nitrogen and oxygen atoms in total. The van der Waals surface area contributed by atoms with E-state index in [1.54, 1.807) is 30.3 Å². The van der Waals surface area contributed by atoms with E-state index in [4.69, 9.17) is 16.0 Å². The number of nitrogens with one attached hydrogen (secondary N) is 1. The van der Waals surface area contributed by atoms with E-state index in [0.29, 0.717) is 22.4 Å². The highest BCUT2D eigenvalue weighted by Gasteiger charge is 2.14. The molecule has 0 radical (unpaired) electrons. The van der Waals surface area contributed by atoms with Crippen molar-refractivity contribution >= 4 is 34.3 Å². The van der Waals surface area contributed by atoms with Crippen LogP contribution in [-0.2, 0) is 4.79 Å². The number of hydrogen-bond donors (Lipinski definition) is 1. The first-order valence-corrected chi connectivity index (χ1v) is 7.14. The van der Waals surface area contributed by atoms with Crippen molar-refractivity contribution in [2.24, 2.45) is 0 Å². The normalized spacial score (nSPS) is 10.9. The molecule has 0 bridgehead atoms. The summed E-state index contributed by atoms with van der Waals surface area (Å²) in [6.45, 7) is 1.83. The number of amides is 1. The molecule has 3 rings (SSSR count). The van der Waals surface area contributed by atoms with Crippen LogP contribution < -0.4 is 5.32 Å². The Morgan fingerprint density at radius 1 is 1.36 bits per heavy atom. The third kappa shape index (κ3) is 2.67. The van der Waals surface area contributed by atoms with E-state index in [2.05, 4.69) is 10.3 Å². The summed E-state index contributed by atoms with van der Waals surface area (Å²) in [5.41, 5.74) is 2.76. The van der Waals surface area contributed by atoms with Crippen molar-refractivity contribution in [3.05, 3.63) is 47.8 Å². The molecule has 3 aromatic rings. The summed E-state index contributed by atoms with van der Waals surface area (Å²) in [4.78, 5) is 15.7. The molecule has 112 valence electrons. The average molecular weight is 319 g/mol. The van der Waals surface area contributed by atoms with E-state index in [0.717, 1.165) is 5.56 Å². The fourth-order valence-electron chi connectivity index (χ4n) is 2.22. The second-order valence-electron chi connectivity index (χ2n) is 4.82. The van der Waals surface area contributed by atoms with Gasteiger partial charge in [-0.2, -0.15) is 0 Å². The number of nitrogens with zero attached hydrogens (tertiary/aromatic N) is 1. The fourth-order valence-corrected chi connectivity index (χ4v) is 2.28. The quantitative estimate of drug-likeness (QED) is 0.739. The van der Waals surface area contributed by atoms with Gasteiger partial charge in [0, 0.05) is 5.69 Å². The van der Waals surface area contributed by atoms with Crippen molar-refractivity contribution in [3.8, 4) is 11.5 Å². The number of hydrogen-bond acceptors (Lipinski definition) is 3. The van der Waals surface area contributed by atoms with Gasteiger partial charge in [-0.1, -0.05) is 12.1 Å². The number of aryl methyl sites for hydroxylation is 1. The Hall–Kier alpha value is -2.40. The summed E-state index contributed by atoms with van der Waals surface area (Å²) in [5.74, 6) is -0.631. The maximum absolute atomic E-state index is 13.8. The number of alkyl halides is 1. The van der Waals surface area contributed by atoms with Gasteiger partial charge in [0.05, 0.1) is 5.56 Å². The van der Waals surface area contributed by atoms with Crippen LogP contribution in [0.25, 0.3) is 22.6 Å². The lowest BCUT2D eigenvalue weighted by atomic mass is 10.2. The Balaban J connectivity index is 2.08. The lowest BCUT2D eigenvalue weighted by Gasteiger charge is -2.03. The van der Waals surface area contributed by atoms with Gasteiger partial charge in [0.1, 0.15) is 17.2 Å². The number of anilines is 1. The Bertz CT molecular complexity index is 860. The molecule has 0 aliphatic heterocycles. The second kappa shape index (κ2) is 5.77. The molecule has 1 heterocycles. The molecule has 0 unspecified atom stereocenters. The third-order valence-electron chi connectivity index (χ3n) is 3.19. The summed E-state index contributed by atoms with van der Waals surface area (Å²) in [6.07, 6.45) is 0. The molecule has 0 aliphatic rings. The van der Waals surface area contributed by atoms with Crippen LogP contribution in [-0.4, -0.2) is 16.8 Å². The maximum atomic E-state index is 13.8. The summed E-state index contributed by atoms with van der Waals surface area (Å²) in [5, 5.41) is 2.66. The van der Waals surface area contributed by atoms with Crippen LogP contribution in [0.5, 0.6) is 0 Å². The number of carbonyl (C=O) groups excluding carboxylic acids is 1. The lowest BCUT2D eigenvalue weighted by molar-refractivity contribution is -0.113. The molecule has 1 aromatic heterocycles. The van der Waals surface area contributed by atoms with Crippen LogP contribution >= 0.6 is 11.6 Å². The van der Waals surface area contributed by atoms with Gasteiger partial charge in [-0.3, -0.25) is 4.79 Å². The average Bonchev–Trinajstić information content (AvgIpc) is 2.92. The van der Waals surface area contributed by atoms with E-state index in [1.165, 1.54) is 6.07 Å². The lowest BCUT2D eigenvalue weighted by Crippen LogP contribution is -2.12. The first-order chi connectivity index (χ1) is 10.6. The fraction of sp³-hybridized carbons (Fsp3) is 0.125. The maximum Gasteiger partial charge on any atom is 0.239 e. The zero-order valence-electron chi connectivity index (χ0n) is 11.7. The predicted molar refractivity (Wildman–Crippen MR) is 83.5 cm³/mol. The van der Waals surface area contributed by atoms with Gasteiger partial charge in [-0.15, -0.1) is 11.6 Å². The Kier molecular flexibility index (Phi) is 3.81. The van der Waals surface area contributed by atoms with Crippen LogP contribution in [0.15, 0.2) is 40.8 Å². The molecule has 0 spiro atoms. The molecule has 0 saturated heterocycles. The highest BCUT2D eigenvalue weighted by molar-refractivity contribution is 6.29. The number of benzene rings is 2. The molecular formula is C16H12ClFN2O2. The highest BCUT2D eigenvalue weighted by Crippen LogP contribution is 2.30. The minimum atomic E-state index is -0.401. The topological polar surface area (TPSA) is 55.1 Å². The first-order valence-electron chi connectivity index (χ1n) is 6.60. The summed E-state index contributed by atoms with van der Waals surface area (Å²) in [6, 6.07) is 9.69. The second-order valence-corrected chi connectivity index (χ2v) is 5.09. The van der Waals surface area contributed by atoms with Crippen LogP contribution in [0.2, 0.25) is 0 Å². The standard InChI is InChI=1S/C16H12ClFN2O2/c1-9-6-10(19-14(21)8-17)7-13-15(9)22-16(20-13)11-4-2-3-5-12(11)18/h2-7H,8H2,1H3,(H,19,21). The van der Waals surface area contributed by atoms with E-state index in [-0.39, 0.29) is 17.7 Å². The van der Waals surface area contributed by atoms with Crippen molar-refractivity contribution < 1.29 is 13.6 Å². The van der Waals surface area contributed by atoms with E-state index >= 15 is 0 Å². The zero-order chi connectivity index (χ0) is 15.7. The number of halogens is 2. The molecule has 0 fully saturated rings. The largest absolute Gasteiger partial charge is 0.436 e. The van der Waals surface area contributed by atoms with Gasteiger partial charge in [0.25, 0.3) is 0 Å².